The van der Waals surface area contributed by atoms with Gasteiger partial charge in [0.15, 0.2) is 0 Å². The zero-order valence-electron chi connectivity index (χ0n) is 10.0. The molecule has 0 unspecified atom stereocenters. The molecule has 0 aliphatic rings. The summed E-state index contributed by atoms with van der Waals surface area (Å²) >= 11 is 6.06. The third-order valence-electron chi connectivity index (χ3n) is 2.34. The molecule has 1 rings (SSSR count). The molecule has 0 aliphatic carbocycles. The number of rotatable bonds is 6. The first-order chi connectivity index (χ1) is 8.38. The fourth-order valence-corrected chi connectivity index (χ4v) is 1.90. The van der Waals surface area contributed by atoms with Crippen molar-refractivity contribution in [3.8, 4) is 0 Å². The predicted molar refractivity (Wildman–Crippen MR) is 68.3 cm³/mol. The minimum atomic E-state index is -1.01. The molecule has 1 aromatic rings. The second-order valence-corrected chi connectivity index (χ2v) is 4.51. The number of carboxylic acids is 1. The van der Waals surface area contributed by atoms with Gasteiger partial charge in [-0.05, 0) is 24.1 Å². The normalized spacial score (nSPS) is 10.6. The quantitative estimate of drug-likeness (QED) is 0.808. The van der Waals surface area contributed by atoms with Gasteiger partial charge in [0.05, 0.1) is 13.1 Å². The van der Waals surface area contributed by atoms with Crippen LogP contribution in [0.4, 0.5) is 0 Å². The molecule has 1 amide bonds. The van der Waals surface area contributed by atoms with E-state index in [0.29, 0.717) is 5.02 Å². The largest absolute Gasteiger partial charge is 0.480 e. The van der Waals surface area contributed by atoms with Crippen LogP contribution in [0.15, 0.2) is 18.2 Å². The number of halogens is 1. The van der Waals surface area contributed by atoms with Gasteiger partial charge in [0.2, 0.25) is 5.91 Å². The molecule has 0 atom stereocenters. The Labute approximate surface area is 110 Å². The number of carboxylic acid groups (broad SMARTS) is 1. The smallest absolute Gasteiger partial charge is 0.317 e. The summed E-state index contributed by atoms with van der Waals surface area (Å²) in [6, 6.07) is 5.48. The number of hydrogen-bond acceptors (Lipinski definition) is 3. The topological polar surface area (TPSA) is 83.6 Å². The Balaban J connectivity index is 2.81. The number of hydrogen-bond donors (Lipinski definition) is 2. The molecule has 0 heterocycles. The van der Waals surface area contributed by atoms with E-state index in [1.54, 1.807) is 6.07 Å². The lowest BCUT2D eigenvalue weighted by Gasteiger charge is -2.19. The van der Waals surface area contributed by atoms with Gasteiger partial charge in [-0.1, -0.05) is 23.7 Å². The molecule has 0 spiro atoms. The highest BCUT2D eigenvalue weighted by Gasteiger charge is 2.14. The van der Waals surface area contributed by atoms with E-state index in [9.17, 15) is 9.59 Å². The summed E-state index contributed by atoms with van der Waals surface area (Å²) in [5, 5.41) is 9.31. The zero-order valence-corrected chi connectivity index (χ0v) is 10.8. The van der Waals surface area contributed by atoms with Crippen LogP contribution in [0.1, 0.15) is 11.1 Å². The highest BCUT2D eigenvalue weighted by molar-refractivity contribution is 6.31. The number of nitrogens with zero attached hydrogens (tertiary/aromatic N) is 1. The highest BCUT2D eigenvalue weighted by Crippen LogP contribution is 2.19. The fraction of sp³-hybridized carbons (Fsp3) is 0.333. The van der Waals surface area contributed by atoms with E-state index in [0.717, 1.165) is 11.1 Å². The summed E-state index contributed by atoms with van der Waals surface area (Å²) in [5.74, 6) is -1.58. The van der Waals surface area contributed by atoms with Crippen LogP contribution < -0.4 is 5.73 Å². The SMILES string of the molecule is Cc1ccc(CN(CC(N)=O)CC(=O)O)c(Cl)c1. The van der Waals surface area contributed by atoms with Crippen LogP contribution in [-0.2, 0) is 16.1 Å². The molecule has 0 fully saturated rings. The van der Waals surface area contributed by atoms with Crippen LogP contribution in [0.2, 0.25) is 5.02 Å². The van der Waals surface area contributed by atoms with Gasteiger partial charge >= 0.3 is 5.97 Å². The van der Waals surface area contributed by atoms with Crippen molar-refractivity contribution in [3.05, 3.63) is 34.3 Å². The fourth-order valence-electron chi connectivity index (χ4n) is 1.60. The van der Waals surface area contributed by atoms with Crippen LogP contribution >= 0.6 is 11.6 Å². The molecule has 5 nitrogen and oxygen atoms in total. The van der Waals surface area contributed by atoms with Gasteiger partial charge in [0, 0.05) is 11.6 Å². The number of aliphatic carboxylic acids is 1. The van der Waals surface area contributed by atoms with Gasteiger partial charge in [0.1, 0.15) is 0 Å². The maximum atomic E-state index is 10.9. The first-order valence-corrected chi connectivity index (χ1v) is 5.73. The lowest BCUT2D eigenvalue weighted by molar-refractivity contribution is -0.138. The third-order valence-corrected chi connectivity index (χ3v) is 2.69. The monoisotopic (exact) mass is 270 g/mol. The van der Waals surface area contributed by atoms with E-state index in [1.165, 1.54) is 4.90 Å². The van der Waals surface area contributed by atoms with Crippen molar-refractivity contribution in [2.45, 2.75) is 13.5 Å². The Morgan fingerprint density at radius 1 is 1.39 bits per heavy atom. The third kappa shape index (κ3) is 4.73. The first kappa shape index (κ1) is 14.5. The van der Waals surface area contributed by atoms with E-state index >= 15 is 0 Å². The van der Waals surface area contributed by atoms with E-state index in [-0.39, 0.29) is 19.6 Å². The summed E-state index contributed by atoms with van der Waals surface area (Å²) in [4.78, 5) is 23.0. The lowest BCUT2D eigenvalue weighted by Crippen LogP contribution is -2.36. The van der Waals surface area contributed by atoms with E-state index in [2.05, 4.69) is 0 Å². The van der Waals surface area contributed by atoms with Gasteiger partial charge in [-0.2, -0.15) is 0 Å². The molecular weight excluding hydrogens is 256 g/mol. The maximum absolute atomic E-state index is 10.9. The maximum Gasteiger partial charge on any atom is 0.317 e. The summed E-state index contributed by atoms with van der Waals surface area (Å²) in [7, 11) is 0. The average Bonchev–Trinajstić information content (AvgIpc) is 2.20. The number of aryl methyl sites for hydroxylation is 1. The number of primary amides is 1. The minimum Gasteiger partial charge on any atom is -0.480 e. The summed E-state index contributed by atoms with van der Waals surface area (Å²) in [5.41, 5.74) is 6.86. The summed E-state index contributed by atoms with van der Waals surface area (Å²) < 4.78 is 0. The Morgan fingerprint density at radius 3 is 2.56 bits per heavy atom. The zero-order chi connectivity index (χ0) is 13.7. The van der Waals surface area contributed by atoms with Crippen molar-refractivity contribution in [1.82, 2.24) is 4.90 Å². The molecule has 0 saturated heterocycles. The lowest BCUT2D eigenvalue weighted by atomic mass is 10.1. The molecule has 1 aromatic carbocycles. The summed E-state index contributed by atoms with van der Waals surface area (Å²) in [6.07, 6.45) is 0. The highest BCUT2D eigenvalue weighted by atomic mass is 35.5. The van der Waals surface area contributed by atoms with Crippen LogP contribution in [0.5, 0.6) is 0 Å². The summed E-state index contributed by atoms with van der Waals surface area (Å²) in [6.45, 7) is 1.81. The number of carbonyl (C=O) groups is 2. The number of carbonyl (C=O) groups excluding carboxylic acids is 1. The molecule has 0 saturated carbocycles. The first-order valence-electron chi connectivity index (χ1n) is 5.36. The molecular formula is C12H15ClN2O3. The van der Waals surface area contributed by atoms with Gasteiger partial charge in [-0.3, -0.25) is 14.5 Å². The number of nitrogens with two attached hydrogens (primary N) is 1. The number of amides is 1. The van der Waals surface area contributed by atoms with Crippen LogP contribution in [0.25, 0.3) is 0 Å². The second kappa shape index (κ2) is 6.37. The van der Waals surface area contributed by atoms with E-state index in [4.69, 9.17) is 22.4 Å². The van der Waals surface area contributed by atoms with Crippen molar-refractivity contribution in [2.24, 2.45) is 5.73 Å². The Kier molecular flexibility index (Phi) is 5.12. The number of benzene rings is 1. The van der Waals surface area contributed by atoms with Gasteiger partial charge in [0.25, 0.3) is 0 Å². The molecule has 3 N–H and O–H groups in total. The molecule has 6 heteroatoms. The second-order valence-electron chi connectivity index (χ2n) is 4.10. The van der Waals surface area contributed by atoms with Gasteiger partial charge < -0.3 is 10.8 Å². The van der Waals surface area contributed by atoms with Crippen molar-refractivity contribution < 1.29 is 14.7 Å². The van der Waals surface area contributed by atoms with E-state index < -0.39 is 11.9 Å². The Morgan fingerprint density at radius 2 is 2.06 bits per heavy atom. The molecule has 98 valence electrons. The van der Waals surface area contributed by atoms with Crippen LogP contribution in [-0.4, -0.2) is 35.0 Å². The van der Waals surface area contributed by atoms with Gasteiger partial charge in [-0.15, -0.1) is 0 Å². The predicted octanol–water partition coefficient (Wildman–Crippen LogP) is 1.02. The standard InChI is InChI=1S/C12H15ClN2O3/c1-8-2-3-9(10(13)4-8)5-15(6-11(14)16)7-12(17)18/h2-4H,5-7H2,1H3,(H2,14,16)(H,17,18). The van der Waals surface area contributed by atoms with Gasteiger partial charge in [-0.25, -0.2) is 0 Å². The van der Waals surface area contributed by atoms with Crippen LogP contribution in [0, 0.1) is 6.92 Å². The average molecular weight is 271 g/mol. The Bertz CT molecular complexity index is 447. The molecule has 0 bridgehead atoms. The minimum absolute atomic E-state index is 0.115. The molecule has 0 radical (unpaired) electrons. The Hall–Kier alpha value is -1.59. The van der Waals surface area contributed by atoms with Crippen molar-refractivity contribution in [2.75, 3.05) is 13.1 Å². The van der Waals surface area contributed by atoms with E-state index in [1.807, 2.05) is 19.1 Å². The van der Waals surface area contributed by atoms with Crippen LogP contribution in [0.3, 0.4) is 0 Å². The molecule has 0 aliphatic heterocycles. The molecule has 0 aromatic heterocycles. The molecule has 18 heavy (non-hydrogen) atoms. The van der Waals surface area contributed by atoms with Crippen molar-refractivity contribution >= 4 is 23.5 Å². The van der Waals surface area contributed by atoms with Crippen molar-refractivity contribution in [3.63, 3.8) is 0 Å². The van der Waals surface area contributed by atoms with Crippen molar-refractivity contribution in [1.29, 1.82) is 0 Å².